The summed E-state index contributed by atoms with van der Waals surface area (Å²) in [6.45, 7) is 3.89. The zero-order valence-corrected chi connectivity index (χ0v) is 11.4. The molecule has 4 heteroatoms. The van der Waals surface area contributed by atoms with E-state index in [9.17, 15) is 0 Å². The first-order valence-electron chi connectivity index (χ1n) is 6.40. The van der Waals surface area contributed by atoms with Crippen LogP contribution in [0.1, 0.15) is 11.4 Å². The molecule has 4 nitrogen and oxygen atoms in total. The molecule has 3 aromatic heterocycles. The molecule has 0 saturated carbocycles. The quantitative estimate of drug-likeness (QED) is 0.711. The van der Waals surface area contributed by atoms with Crippen molar-refractivity contribution in [2.45, 2.75) is 13.8 Å². The normalized spacial score (nSPS) is 10.5. The molecular formula is C16H14N4. The average molecular weight is 262 g/mol. The zero-order valence-electron chi connectivity index (χ0n) is 11.4. The summed E-state index contributed by atoms with van der Waals surface area (Å²) in [5, 5.41) is 0. The summed E-state index contributed by atoms with van der Waals surface area (Å²) in [5.41, 5.74) is 5.61. The van der Waals surface area contributed by atoms with Gasteiger partial charge in [-0.2, -0.15) is 0 Å². The Balaban J connectivity index is 1.91. The fourth-order valence-corrected chi connectivity index (χ4v) is 1.88. The summed E-state index contributed by atoms with van der Waals surface area (Å²) in [6, 6.07) is 7.98. The third-order valence-corrected chi connectivity index (χ3v) is 3.05. The number of aromatic nitrogens is 4. The van der Waals surface area contributed by atoms with E-state index in [1.54, 1.807) is 12.4 Å². The molecule has 0 atom stereocenters. The van der Waals surface area contributed by atoms with Crippen molar-refractivity contribution in [2.75, 3.05) is 0 Å². The van der Waals surface area contributed by atoms with E-state index in [1.165, 1.54) is 0 Å². The van der Waals surface area contributed by atoms with Crippen molar-refractivity contribution in [1.82, 2.24) is 19.9 Å². The van der Waals surface area contributed by atoms with Crippen LogP contribution in [0.15, 0.2) is 49.1 Å². The van der Waals surface area contributed by atoms with Gasteiger partial charge in [0.05, 0.1) is 23.3 Å². The highest BCUT2D eigenvalue weighted by molar-refractivity contribution is 5.63. The summed E-state index contributed by atoms with van der Waals surface area (Å²) in [5.74, 6) is 0. The molecule has 0 saturated heterocycles. The lowest BCUT2D eigenvalue weighted by Gasteiger charge is -2.03. The third kappa shape index (κ3) is 2.54. The van der Waals surface area contributed by atoms with Gasteiger partial charge in [0.15, 0.2) is 0 Å². The van der Waals surface area contributed by atoms with Gasteiger partial charge in [-0.1, -0.05) is 0 Å². The number of aryl methyl sites for hydroxylation is 2. The van der Waals surface area contributed by atoms with E-state index in [2.05, 4.69) is 19.9 Å². The van der Waals surface area contributed by atoms with Crippen LogP contribution >= 0.6 is 0 Å². The number of hydrogen-bond acceptors (Lipinski definition) is 4. The molecular weight excluding hydrogens is 248 g/mol. The van der Waals surface area contributed by atoms with Gasteiger partial charge in [-0.05, 0) is 38.1 Å². The Labute approximate surface area is 117 Å². The molecule has 0 fully saturated rings. The molecule has 0 aliphatic carbocycles. The molecule has 3 heterocycles. The van der Waals surface area contributed by atoms with Crippen molar-refractivity contribution in [3.8, 4) is 22.5 Å². The average Bonchev–Trinajstić information content (AvgIpc) is 2.49. The summed E-state index contributed by atoms with van der Waals surface area (Å²) >= 11 is 0. The second-order valence-electron chi connectivity index (χ2n) is 4.66. The molecule has 3 rings (SSSR count). The van der Waals surface area contributed by atoms with Crippen LogP contribution in [0.5, 0.6) is 0 Å². The summed E-state index contributed by atoms with van der Waals surface area (Å²) in [4.78, 5) is 17.3. The molecule has 0 aliphatic heterocycles. The lowest BCUT2D eigenvalue weighted by Crippen LogP contribution is -1.90. The van der Waals surface area contributed by atoms with E-state index in [1.807, 2.05) is 50.5 Å². The number of nitrogens with zero attached hydrogens (tertiary/aromatic N) is 4. The van der Waals surface area contributed by atoms with Gasteiger partial charge in [0, 0.05) is 35.4 Å². The van der Waals surface area contributed by atoms with E-state index < -0.39 is 0 Å². The van der Waals surface area contributed by atoms with E-state index in [4.69, 9.17) is 0 Å². The predicted molar refractivity (Wildman–Crippen MR) is 78.0 cm³/mol. The predicted octanol–water partition coefficient (Wildman–Crippen LogP) is 3.22. The van der Waals surface area contributed by atoms with Crippen molar-refractivity contribution >= 4 is 0 Å². The first kappa shape index (κ1) is 12.4. The van der Waals surface area contributed by atoms with Crippen molar-refractivity contribution in [3.05, 3.63) is 60.4 Å². The lowest BCUT2D eigenvalue weighted by molar-refractivity contribution is 1.12. The van der Waals surface area contributed by atoms with Gasteiger partial charge in [-0.15, -0.1) is 0 Å². The van der Waals surface area contributed by atoms with Crippen LogP contribution in [-0.4, -0.2) is 19.9 Å². The Hall–Kier alpha value is -2.62. The minimum atomic E-state index is 0.830. The Kier molecular flexibility index (Phi) is 3.21. The van der Waals surface area contributed by atoms with Crippen molar-refractivity contribution in [3.63, 3.8) is 0 Å². The van der Waals surface area contributed by atoms with Crippen LogP contribution < -0.4 is 0 Å². The maximum absolute atomic E-state index is 4.47. The fraction of sp³-hybridized carbons (Fsp3) is 0.125. The summed E-state index contributed by atoms with van der Waals surface area (Å²) in [6.07, 6.45) is 7.17. The maximum atomic E-state index is 4.47. The molecule has 0 spiro atoms. The SMILES string of the molecule is Cc1ccc(-c2ccc(-c3cnc(C)cn3)cn2)cn1. The van der Waals surface area contributed by atoms with Crippen LogP contribution in [0.4, 0.5) is 0 Å². The van der Waals surface area contributed by atoms with Gasteiger partial charge >= 0.3 is 0 Å². The van der Waals surface area contributed by atoms with E-state index in [0.717, 1.165) is 33.9 Å². The van der Waals surface area contributed by atoms with Gasteiger partial charge < -0.3 is 0 Å². The second-order valence-corrected chi connectivity index (χ2v) is 4.66. The highest BCUT2D eigenvalue weighted by Gasteiger charge is 2.03. The van der Waals surface area contributed by atoms with Gasteiger partial charge in [0.1, 0.15) is 0 Å². The molecule has 0 aromatic carbocycles. The number of pyridine rings is 2. The summed E-state index contributed by atoms with van der Waals surface area (Å²) in [7, 11) is 0. The molecule has 0 amide bonds. The van der Waals surface area contributed by atoms with Crippen LogP contribution in [0, 0.1) is 13.8 Å². The topological polar surface area (TPSA) is 51.6 Å². The molecule has 0 N–H and O–H groups in total. The van der Waals surface area contributed by atoms with Crippen molar-refractivity contribution < 1.29 is 0 Å². The molecule has 20 heavy (non-hydrogen) atoms. The van der Waals surface area contributed by atoms with Crippen LogP contribution in [0.25, 0.3) is 22.5 Å². The second kappa shape index (κ2) is 5.17. The number of rotatable bonds is 2. The molecule has 0 radical (unpaired) electrons. The first-order chi connectivity index (χ1) is 9.72. The van der Waals surface area contributed by atoms with Crippen molar-refractivity contribution in [1.29, 1.82) is 0 Å². The Morgan fingerprint density at radius 2 is 1.20 bits per heavy atom. The molecule has 98 valence electrons. The highest BCUT2D eigenvalue weighted by atomic mass is 14.8. The smallest absolute Gasteiger partial charge is 0.0900 e. The molecule has 0 bridgehead atoms. The summed E-state index contributed by atoms with van der Waals surface area (Å²) < 4.78 is 0. The lowest BCUT2D eigenvalue weighted by atomic mass is 10.1. The highest BCUT2D eigenvalue weighted by Crippen LogP contribution is 2.20. The Bertz CT molecular complexity index is 636. The molecule has 0 unspecified atom stereocenters. The van der Waals surface area contributed by atoms with Crippen LogP contribution in [-0.2, 0) is 0 Å². The van der Waals surface area contributed by atoms with Gasteiger partial charge in [-0.25, -0.2) is 0 Å². The Morgan fingerprint density at radius 3 is 1.80 bits per heavy atom. The fourth-order valence-electron chi connectivity index (χ4n) is 1.88. The Morgan fingerprint density at radius 1 is 0.550 bits per heavy atom. The molecule has 0 aliphatic rings. The van der Waals surface area contributed by atoms with Gasteiger partial charge in [-0.3, -0.25) is 19.9 Å². The van der Waals surface area contributed by atoms with Gasteiger partial charge in [0.2, 0.25) is 0 Å². The van der Waals surface area contributed by atoms with Crippen LogP contribution in [0.3, 0.4) is 0 Å². The number of hydrogen-bond donors (Lipinski definition) is 0. The van der Waals surface area contributed by atoms with Crippen molar-refractivity contribution in [2.24, 2.45) is 0 Å². The monoisotopic (exact) mass is 262 g/mol. The largest absolute Gasteiger partial charge is 0.261 e. The maximum Gasteiger partial charge on any atom is 0.0900 e. The minimum Gasteiger partial charge on any atom is -0.261 e. The first-order valence-corrected chi connectivity index (χ1v) is 6.40. The minimum absolute atomic E-state index is 0.830. The zero-order chi connectivity index (χ0) is 13.9. The van der Waals surface area contributed by atoms with E-state index in [-0.39, 0.29) is 0 Å². The third-order valence-electron chi connectivity index (χ3n) is 3.05. The standard InChI is InChI=1S/C16H14N4/c1-11-3-4-13(8-17-11)15-6-5-14(9-20-15)16-10-18-12(2)7-19-16/h3-10H,1-2H3. The van der Waals surface area contributed by atoms with E-state index >= 15 is 0 Å². The van der Waals surface area contributed by atoms with Gasteiger partial charge in [0.25, 0.3) is 0 Å². The molecule has 3 aromatic rings. The van der Waals surface area contributed by atoms with Crippen LogP contribution in [0.2, 0.25) is 0 Å². The van der Waals surface area contributed by atoms with E-state index in [0.29, 0.717) is 0 Å².